The van der Waals surface area contributed by atoms with Crippen LogP contribution in [0.3, 0.4) is 0 Å². The molecule has 4 aromatic rings. The highest BCUT2D eigenvalue weighted by Gasteiger charge is 2.30. The molecule has 0 aromatic carbocycles. The van der Waals surface area contributed by atoms with Gasteiger partial charge in [0.25, 0.3) is 5.56 Å². The zero-order valence-corrected chi connectivity index (χ0v) is 18.5. The summed E-state index contributed by atoms with van der Waals surface area (Å²) in [4.78, 5) is 40.1. The van der Waals surface area contributed by atoms with Crippen LogP contribution in [-0.2, 0) is 12.8 Å². The van der Waals surface area contributed by atoms with E-state index in [1.807, 2.05) is 22.9 Å². The van der Waals surface area contributed by atoms with Gasteiger partial charge in [0.1, 0.15) is 15.7 Å². The molecule has 1 aliphatic carbocycles. The number of nitrogens with zero attached hydrogens (tertiary/aromatic N) is 3. The number of thiazole rings is 1. The fraction of sp³-hybridized carbons (Fsp3) is 0.286. The molecule has 30 heavy (non-hydrogen) atoms. The molecule has 0 saturated heterocycles. The number of nitriles is 1. The fourth-order valence-corrected chi connectivity index (χ4v) is 6.84. The third kappa shape index (κ3) is 3.12. The molecule has 1 N–H and O–H groups in total. The molecule has 0 radical (unpaired) electrons. The zero-order chi connectivity index (χ0) is 20.8. The molecule has 9 heteroatoms. The predicted octanol–water partition coefficient (Wildman–Crippen LogP) is 4.85. The molecule has 0 spiro atoms. The predicted molar refractivity (Wildman–Crippen MR) is 120 cm³/mol. The summed E-state index contributed by atoms with van der Waals surface area (Å²) >= 11 is 4.34. The number of Topliss-reactive ketones (excluding diaryl/α,β-unsaturated/α-hetero) is 1. The normalized spacial score (nSPS) is 14.4. The third-order valence-corrected chi connectivity index (χ3v) is 8.39. The largest absolute Gasteiger partial charge is 0.308 e. The van der Waals surface area contributed by atoms with Crippen molar-refractivity contribution in [1.29, 1.82) is 5.26 Å². The van der Waals surface area contributed by atoms with Gasteiger partial charge in [-0.05, 0) is 49.6 Å². The summed E-state index contributed by atoms with van der Waals surface area (Å²) in [6.45, 7) is 1.76. The molecule has 4 heterocycles. The van der Waals surface area contributed by atoms with E-state index < -0.39 is 5.92 Å². The van der Waals surface area contributed by atoms with Gasteiger partial charge in [-0.15, -0.1) is 22.7 Å². The van der Waals surface area contributed by atoms with Crippen molar-refractivity contribution in [1.82, 2.24) is 15.0 Å². The minimum absolute atomic E-state index is 0.114. The quantitative estimate of drug-likeness (QED) is 0.446. The summed E-state index contributed by atoms with van der Waals surface area (Å²) in [5.41, 5.74) is 2.36. The van der Waals surface area contributed by atoms with Gasteiger partial charge in [-0.3, -0.25) is 9.59 Å². The first-order valence-corrected chi connectivity index (χ1v) is 12.1. The van der Waals surface area contributed by atoms with E-state index in [0.717, 1.165) is 41.8 Å². The molecule has 0 bridgehead atoms. The van der Waals surface area contributed by atoms with E-state index >= 15 is 0 Å². The summed E-state index contributed by atoms with van der Waals surface area (Å²) in [5.74, 6) is -1.43. The standard InChI is InChI=1S/C21H16N4O2S3/c1-10-17(30-20(23-10)11-6-7-28-9-11)16(26)13(8-22)18-24-19(27)15-12-4-2-3-5-14(12)29-21(15)25-18/h6-7,9,13H,2-5H2,1H3,(H,24,25,27). The maximum Gasteiger partial charge on any atom is 0.259 e. The topological polar surface area (TPSA) is 99.5 Å². The number of ketones is 1. The number of aryl methyl sites for hydroxylation is 3. The van der Waals surface area contributed by atoms with Gasteiger partial charge in [0.05, 0.1) is 22.0 Å². The SMILES string of the molecule is Cc1nc(-c2ccsc2)sc1C(=O)C(C#N)c1nc2sc3c(c2c(=O)[nH]1)CCCC3. The van der Waals surface area contributed by atoms with Gasteiger partial charge in [0, 0.05) is 15.8 Å². The summed E-state index contributed by atoms with van der Waals surface area (Å²) in [5, 5.41) is 15.1. The molecule has 0 saturated carbocycles. The highest BCUT2D eigenvalue weighted by molar-refractivity contribution is 7.19. The van der Waals surface area contributed by atoms with Crippen LogP contribution in [0.15, 0.2) is 21.6 Å². The number of thiophene rings is 2. The van der Waals surface area contributed by atoms with Crippen LogP contribution in [0.25, 0.3) is 20.8 Å². The van der Waals surface area contributed by atoms with Crippen molar-refractivity contribution in [2.24, 2.45) is 0 Å². The Morgan fingerprint density at radius 3 is 2.87 bits per heavy atom. The number of nitrogens with one attached hydrogen (secondary N) is 1. The first-order valence-electron chi connectivity index (χ1n) is 9.55. The minimum Gasteiger partial charge on any atom is -0.308 e. The van der Waals surface area contributed by atoms with E-state index in [1.54, 1.807) is 18.3 Å². The van der Waals surface area contributed by atoms with Crippen molar-refractivity contribution in [2.75, 3.05) is 0 Å². The van der Waals surface area contributed by atoms with Crippen molar-refractivity contribution in [2.45, 2.75) is 38.5 Å². The van der Waals surface area contributed by atoms with E-state index in [4.69, 9.17) is 0 Å². The Labute approximate surface area is 183 Å². The Morgan fingerprint density at radius 2 is 2.10 bits per heavy atom. The van der Waals surface area contributed by atoms with Crippen molar-refractivity contribution in [3.63, 3.8) is 0 Å². The van der Waals surface area contributed by atoms with Gasteiger partial charge >= 0.3 is 0 Å². The van der Waals surface area contributed by atoms with E-state index in [-0.39, 0.29) is 17.2 Å². The molecule has 0 fully saturated rings. The van der Waals surface area contributed by atoms with Crippen LogP contribution in [0.4, 0.5) is 0 Å². The molecule has 6 nitrogen and oxygen atoms in total. The Kier molecular flexibility index (Phi) is 4.85. The summed E-state index contributed by atoms with van der Waals surface area (Å²) in [6, 6.07) is 3.99. The maximum atomic E-state index is 13.2. The summed E-state index contributed by atoms with van der Waals surface area (Å²) in [7, 11) is 0. The third-order valence-electron chi connectivity index (χ3n) is 5.30. The lowest BCUT2D eigenvalue weighted by atomic mass is 9.97. The molecular formula is C21H16N4O2S3. The van der Waals surface area contributed by atoms with Gasteiger partial charge in [-0.1, -0.05) is 0 Å². The van der Waals surface area contributed by atoms with Gasteiger partial charge in [0.15, 0.2) is 11.7 Å². The number of rotatable bonds is 4. The smallest absolute Gasteiger partial charge is 0.259 e. The Morgan fingerprint density at radius 1 is 1.27 bits per heavy atom. The highest BCUT2D eigenvalue weighted by atomic mass is 32.1. The van der Waals surface area contributed by atoms with Crippen LogP contribution in [0.1, 0.15) is 50.4 Å². The van der Waals surface area contributed by atoms with E-state index in [1.165, 1.54) is 27.6 Å². The number of carbonyl (C=O) groups is 1. The van der Waals surface area contributed by atoms with Crippen molar-refractivity contribution >= 4 is 50.0 Å². The van der Waals surface area contributed by atoms with Crippen LogP contribution in [-0.4, -0.2) is 20.7 Å². The van der Waals surface area contributed by atoms with Crippen molar-refractivity contribution in [3.05, 3.63) is 54.0 Å². The van der Waals surface area contributed by atoms with Gasteiger partial charge < -0.3 is 4.98 Å². The van der Waals surface area contributed by atoms with E-state index in [9.17, 15) is 14.9 Å². The Balaban J connectivity index is 1.56. The molecule has 4 aromatic heterocycles. The maximum absolute atomic E-state index is 13.2. The average Bonchev–Trinajstić information content (AvgIpc) is 3.46. The van der Waals surface area contributed by atoms with E-state index in [0.29, 0.717) is 20.8 Å². The molecule has 1 aliphatic rings. The summed E-state index contributed by atoms with van der Waals surface area (Å²) in [6.07, 6.45) is 4.01. The number of carbonyl (C=O) groups excluding carboxylic acids is 1. The van der Waals surface area contributed by atoms with Crippen LogP contribution >= 0.6 is 34.0 Å². The van der Waals surface area contributed by atoms with E-state index in [2.05, 4.69) is 15.0 Å². The van der Waals surface area contributed by atoms with Crippen LogP contribution in [0.2, 0.25) is 0 Å². The average molecular weight is 453 g/mol. The van der Waals surface area contributed by atoms with Crippen LogP contribution < -0.4 is 5.56 Å². The van der Waals surface area contributed by atoms with Gasteiger partial charge in [0.2, 0.25) is 0 Å². The van der Waals surface area contributed by atoms with Gasteiger partial charge in [-0.2, -0.15) is 16.6 Å². The second-order valence-corrected chi connectivity index (χ2v) is 10.1. The van der Waals surface area contributed by atoms with Crippen molar-refractivity contribution < 1.29 is 4.79 Å². The monoisotopic (exact) mass is 452 g/mol. The number of hydrogen-bond acceptors (Lipinski definition) is 8. The second-order valence-electron chi connectivity index (χ2n) is 7.21. The zero-order valence-electron chi connectivity index (χ0n) is 16.0. The first-order chi connectivity index (χ1) is 14.6. The van der Waals surface area contributed by atoms with Crippen LogP contribution in [0, 0.1) is 18.3 Å². The first kappa shape index (κ1) is 19.3. The molecule has 0 amide bonds. The number of H-pyrrole nitrogens is 1. The second kappa shape index (κ2) is 7.54. The van der Waals surface area contributed by atoms with Crippen LogP contribution in [0.5, 0.6) is 0 Å². The van der Waals surface area contributed by atoms with Crippen molar-refractivity contribution in [3.8, 4) is 16.6 Å². The Hall–Kier alpha value is -2.67. The molecule has 0 aliphatic heterocycles. The number of aromatic nitrogens is 3. The fourth-order valence-electron chi connectivity index (χ4n) is 3.83. The summed E-state index contributed by atoms with van der Waals surface area (Å²) < 4.78 is 0. The highest BCUT2D eigenvalue weighted by Crippen LogP contribution is 2.35. The lowest BCUT2D eigenvalue weighted by Crippen LogP contribution is -2.19. The number of hydrogen-bond donors (Lipinski definition) is 1. The minimum atomic E-state index is -1.17. The molecule has 1 atom stereocenters. The lowest BCUT2D eigenvalue weighted by molar-refractivity contribution is 0.0979. The molecule has 1 unspecified atom stereocenters. The molecule has 150 valence electrons. The van der Waals surface area contributed by atoms with Gasteiger partial charge in [-0.25, -0.2) is 9.97 Å². The Bertz CT molecular complexity index is 1370. The number of fused-ring (bicyclic) bond motifs is 3. The lowest BCUT2D eigenvalue weighted by Gasteiger charge is -2.10. The molecular weight excluding hydrogens is 436 g/mol. The molecule has 5 rings (SSSR count). The number of aromatic amines is 1.